The molecule has 0 aliphatic heterocycles. The van der Waals surface area contributed by atoms with Crippen LogP contribution in [0.15, 0.2) is 84.5 Å². The Morgan fingerprint density at radius 2 is 1.03 bits per heavy atom. The van der Waals surface area contributed by atoms with Gasteiger partial charge in [-0.05, 0) is 0 Å². The van der Waals surface area contributed by atoms with E-state index in [-0.39, 0.29) is 7.25 Å². The zero-order valence-corrected chi connectivity index (χ0v) is 27.0. The number of hydrogen-bond acceptors (Lipinski definition) is 4. The first-order chi connectivity index (χ1) is 18.2. The van der Waals surface area contributed by atoms with Crippen molar-refractivity contribution in [2.75, 3.05) is 0 Å². The van der Waals surface area contributed by atoms with Crippen LogP contribution in [0.4, 0.5) is 0 Å². The number of rotatable bonds is 5. The van der Waals surface area contributed by atoms with Crippen molar-refractivity contribution in [3.8, 4) is 22.8 Å². The minimum atomic E-state index is -4.71. The molecule has 0 amide bonds. The molecule has 191 valence electrons. The van der Waals surface area contributed by atoms with Crippen molar-refractivity contribution >= 4 is 35.1 Å². The van der Waals surface area contributed by atoms with E-state index in [9.17, 15) is 0 Å². The number of fused-ring (bicyclic) bond motifs is 2. The second kappa shape index (κ2) is 9.45. The van der Waals surface area contributed by atoms with Gasteiger partial charge in [-0.15, -0.1) is 0 Å². The SMILES string of the molecule is CC1=Cc2c(-c3ncccn3)cccc2[CH]1[Zr]([Cl])([Cl])([CH]1C(C)=Cc2c(-c3ncccn3)cccc21)[SiH](C)C. The summed E-state index contributed by atoms with van der Waals surface area (Å²) >= 11 is -4.71. The molecular formula is C30H29Cl2N4SiZr. The summed E-state index contributed by atoms with van der Waals surface area (Å²) in [7, 11) is 16.6. The third-order valence-electron chi connectivity index (χ3n) is 8.38. The molecule has 4 aromatic rings. The standard InChI is InChI=1S/2C14H11N2.C2H7Si.2ClH.Zr/c2*1-10-8-11-4-2-5-12(13(11)9-10)14-15-6-3-7-16-14;1-3-2;;;/h2*2-9H,1H3;3H,1-2H3;2*1H;/q;;;;;+2/p-2. The van der Waals surface area contributed by atoms with E-state index < -0.39 is 21.5 Å². The molecule has 2 aliphatic carbocycles. The van der Waals surface area contributed by atoms with E-state index in [0.717, 1.165) is 33.9 Å². The molecule has 0 saturated heterocycles. The third-order valence-corrected chi connectivity index (χ3v) is 60.6. The van der Waals surface area contributed by atoms with E-state index in [4.69, 9.17) is 17.0 Å². The Kier molecular flexibility index (Phi) is 6.47. The molecular weight excluding hydrogens is 607 g/mol. The maximum absolute atomic E-state index is 8.28. The van der Waals surface area contributed by atoms with Gasteiger partial charge < -0.3 is 0 Å². The number of nitrogens with zero attached hydrogens (tertiary/aromatic N) is 4. The monoisotopic (exact) mass is 633 g/mol. The molecule has 6 rings (SSSR count). The number of aromatic nitrogens is 4. The Bertz CT molecular complexity index is 1510. The van der Waals surface area contributed by atoms with Crippen LogP contribution in [0.25, 0.3) is 34.9 Å². The van der Waals surface area contributed by atoms with Gasteiger partial charge in [0, 0.05) is 0 Å². The second-order valence-corrected chi connectivity index (χ2v) is 53.3. The molecule has 2 unspecified atom stereocenters. The molecule has 8 heteroatoms. The van der Waals surface area contributed by atoms with Gasteiger partial charge in [-0.1, -0.05) is 0 Å². The Hall–Kier alpha value is -2.24. The van der Waals surface area contributed by atoms with E-state index in [0.29, 0.717) is 0 Å². The van der Waals surface area contributed by atoms with Crippen LogP contribution in [0.1, 0.15) is 43.4 Å². The molecule has 0 spiro atoms. The fourth-order valence-electron chi connectivity index (χ4n) is 6.67. The Balaban J connectivity index is 1.56. The van der Waals surface area contributed by atoms with Crippen LogP contribution in [-0.2, 0) is 15.6 Å². The van der Waals surface area contributed by atoms with Crippen LogP contribution in [0.2, 0.25) is 13.1 Å². The zero-order chi connectivity index (χ0) is 26.7. The first kappa shape index (κ1) is 26.0. The molecule has 2 aromatic heterocycles. The Labute approximate surface area is 232 Å². The van der Waals surface area contributed by atoms with Gasteiger partial charge in [-0.25, -0.2) is 0 Å². The van der Waals surface area contributed by atoms with Gasteiger partial charge in [0.15, 0.2) is 0 Å². The Morgan fingerprint density at radius 1 is 0.632 bits per heavy atom. The van der Waals surface area contributed by atoms with E-state index in [1.165, 1.54) is 22.3 Å². The number of benzene rings is 2. The molecule has 0 saturated carbocycles. The molecule has 38 heavy (non-hydrogen) atoms. The number of halogens is 2. The average Bonchev–Trinajstić information content (AvgIpc) is 3.46. The van der Waals surface area contributed by atoms with Crippen molar-refractivity contribution < 1.29 is 15.6 Å². The summed E-state index contributed by atoms with van der Waals surface area (Å²) in [6.07, 6.45) is 11.7. The molecule has 2 atom stereocenters. The molecule has 0 fully saturated rings. The van der Waals surface area contributed by atoms with Crippen LogP contribution >= 0.6 is 17.0 Å². The van der Waals surface area contributed by atoms with Crippen LogP contribution < -0.4 is 0 Å². The van der Waals surface area contributed by atoms with E-state index in [1.54, 1.807) is 24.8 Å². The maximum atomic E-state index is 8.28. The van der Waals surface area contributed by atoms with Crippen molar-refractivity contribution in [1.82, 2.24) is 19.9 Å². The van der Waals surface area contributed by atoms with Gasteiger partial charge in [0.25, 0.3) is 0 Å². The predicted molar refractivity (Wildman–Crippen MR) is 158 cm³/mol. The van der Waals surface area contributed by atoms with Gasteiger partial charge in [-0.2, -0.15) is 0 Å². The summed E-state index contributed by atoms with van der Waals surface area (Å²) < 4.78 is 0.0575. The van der Waals surface area contributed by atoms with E-state index in [2.05, 4.69) is 95.4 Å². The number of allylic oxidation sites excluding steroid dienone is 2. The van der Waals surface area contributed by atoms with Crippen molar-refractivity contribution in [3.05, 3.63) is 107 Å². The summed E-state index contributed by atoms with van der Waals surface area (Å²) in [6, 6.07) is 16.5. The summed E-state index contributed by atoms with van der Waals surface area (Å²) in [5.41, 5.74) is 9.34. The first-order valence-corrected chi connectivity index (χ1v) is 29.3. The van der Waals surface area contributed by atoms with Crippen LogP contribution in [0.5, 0.6) is 0 Å². The van der Waals surface area contributed by atoms with Crippen LogP contribution in [0, 0.1) is 0 Å². The molecule has 2 heterocycles. The third kappa shape index (κ3) is 3.79. The molecule has 2 aromatic carbocycles. The Morgan fingerprint density at radius 3 is 1.39 bits per heavy atom. The van der Waals surface area contributed by atoms with Gasteiger partial charge in [0.2, 0.25) is 0 Å². The van der Waals surface area contributed by atoms with Crippen LogP contribution in [0.3, 0.4) is 0 Å². The van der Waals surface area contributed by atoms with Crippen molar-refractivity contribution in [3.63, 3.8) is 0 Å². The quantitative estimate of drug-likeness (QED) is 0.208. The van der Waals surface area contributed by atoms with Crippen molar-refractivity contribution in [2.45, 2.75) is 34.2 Å². The summed E-state index contributed by atoms with van der Waals surface area (Å²) in [6.45, 7) is 9.13. The summed E-state index contributed by atoms with van der Waals surface area (Å²) in [5, 5.41) is 0. The molecule has 4 nitrogen and oxygen atoms in total. The molecule has 0 N–H and O–H groups in total. The first-order valence-electron chi connectivity index (χ1n) is 13.0. The zero-order valence-electron chi connectivity index (χ0n) is 21.9. The second-order valence-electron chi connectivity index (χ2n) is 10.8. The van der Waals surface area contributed by atoms with Gasteiger partial charge in [0.05, 0.1) is 0 Å². The van der Waals surface area contributed by atoms with Crippen molar-refractivity contribution in [1.29, 1.82) is 0 Å². The van der Waals surface area contributed by atoms with Crippen molar-refractivity contribution in [2.24, 2.45) is 0 Å². The van der Waals surface area contributed by atoms with Crippen LogP contribution in [-0.4, -0.2) is 25.9 Å². The van der Waals surface area contributed by atoms with Gasteiger partial charge in [0.1, 0.15) is 0 Å². The fourth-order valence-corrected chi connectivity index (χ4v) is 39.6. The molecule has 0 bridgehead atoms. The summed E-state index contributed by atoms with van der Waals surface area (Å²) in [5.74, 6) is -0.146. The van der Waals surface area contributed by atoms with Gasteiger partial charge >= 0.3 is 234 Å². The number of hydrogen-bond donors (Lipinski definition) is 0. The summed E-state index contributed by atoms with van der Waals surface area (Å²) in [4.78, 5) is 18.2. The van der Waals surface area contributed by atoms with Gasteiger partial charge in [-0.3, -0.25) is 0 Å². The predicted octanol–water partition coefficient (Wildman–Crippen LogP) is 8.20. The minimum absolute atomic E-state index is 0.0287. The van der Waals surface area contributed by atoms with E-state index >= 15 is 0 Å². The average molecular weight is 636 g/mol. The normalized spacial score (nSPS) is 19.4. The topological polar surface area (TPSA) is 51.6 Å². The fraction of sp³-hybridized carbons (Fsp3) is 0.200. The van der Waals surface area contributed by atoms with E-state index in [1.807, 2.05) is 12.1 Å². The molecule has 2 aliphatic rings. The molecule has 0 radical (unpaired) electrons.